The Hall–Kier alpha value is -0.910. The Kier molecular flexibility index (Phi) is 3.90. The molecule has 1 saturated carbocycles. The SMILES string of the molecule is C.CC(=O)C1=C(C)[C@@H]2CC[C@@H](C)C3CC[C@@]4(C)OO[C@]32[C@H](O1)O4. The van der Waals surface area contributed by atoms with Crippen LogP contribution in [0.4, 0.5) is 0 Å². The summed E-state index contributed by atoms with van der Waals surface area (Å²) in [6.07, 6.45) is 3.33. The van der Waals surface area contributed by atoms with E-state index in [1.54, 1.807) is 6.92 Å². The highest BCUT2D eigenvalue weighted by Gasteiger charge is 2.68. The number of carbonyl (C=O) groups excluding carboxylic acids is 1. The number of ketones is 1. The Balaban J connectivity index is 0.00000156. The third-order valence-electron chi connectivity index (χ3n) is 6.14. The minimum absolute atomic E-state index is 0. The van der Waals surface area contributed by atoms with Crippen LogP contribution in [0.2, 0.25) is 0 Å². The number of fused-ring (bicyclic) bond motifs is 2. The summed E-state index contributed by atoms with van der Waals surface area (Å²) in [5.74, 6) is 0.593. The van der Waals surface area contributed by atoms with Crippen LogP contribution < -0.4 is 0 Å². The van der Waals surface area contributed by atoms with Gasteiger partial charge in [0.05, 0.1) is 0 Å². The van der Waals surface area contributed by atoms with Crippen molar-refractivity contribution < 1.29 is 24.0 Å². The number of rotatable bonds is 1. The van der Waals surface area contributed by atoms with Crippen molar-refractivity contribution in [2.24, 2.45) is 17.8 Å². The molecule has 5 rings (SSSR count). The standard InChI is InChI=1S/C17H24O5.CH4/c1-9-5-6-13-10(2)14(11(3)18)19-15-17(13)12(9)7-8-16(4,20-15)21-22-17;/h9,12-13,15H,5-8H2,1-4H3;1H4/t9-,12?,13+,15-,16-,17-;/m1./s1. The Bertz CT molecular complexity index is 556. The van der Waals surface area contributed by atoms with Crippen molar-refractivity contribution in [3.05, 3.63) is 11.3 Å². The van der Waals surface area contributed by atoms with Crippen molar-refractivity contribution in [3.63, 3.8) is 0 Å². The molecule has 0 aromatic heterocycles. The van der Waals surface area contributed by atoms with Crippen LogP contribution in [0.15, 0.2) is 11.3 Å². The molecule has 0 amide bonds. The summed E-state index contributed by atoms with van der Waals surface area (Å²) < 4.78 is 12.2. The van der Waals surface area contributed by atoms with Gasteiger partial charge in [-0.2, -0.15) is 0 Å². The number of hydrogen-bond acceptors (Lipinski definition) is 5. The first-order chi connectivity index (χ1) is 10.4. The average molecular weight is 324 g/mol. The molecule has 3 saturated heterocycles. The number of ether oxygens (including phenoxy) is 2. The molecule has 5 aliphatic rings. The molecule has 6 atom stereocenters. The van der Waals surface area contributed by atoms with Gasteiger partial charge in [0.1, 0.15) is 0 Å². The van der Waals surface area contributed by atoms with Gasteiger partial charge in [-0.1, -0.05) is 14.4 Å². The van der Waals surface area contributed by atoms with E-state index in [1.807, 2.05) is 13.8 Å². The second-order valence-corrected chi connectivity index (χ2v) is 7.54. The van der Waals surface area contributed by atoms with Crippen molar-refractivity contribution in [1.29, 1.82) is 0 Å². The van der Waals surface area contributed by atoms with Crippen LogP contribution in [0.1, 0.15) is 60.8 Å². The molecule has 1 spiro atoms. The predicted molar refractivity (Wildman–Crippen MR) is 84.0 cm³/mol. The Morgan fingerprint density at radius 2 is 1.96 bits per heavy atom. The third-order valence-corrected chi connectivity index (χ3v) is 6.14. The van der Waals surface area contributed by atoms with Crippen LogP contribution >= 0.6 is 0 Å². The maximum atomic E-state index is 12.0. The molecular formula is C18H28O5. The summed E-state index contributed by atoms with van der Waals surface area (Å²) >= 11 is 0. The van der Waals surface area contributed by atoms with Crippen LogP contribution in [0.3, 0.4) is 0 Å². The molecule has 2 bridgehead atoms. The minimum atomic E-state index is -0.787. The fourth-order valence-corrected chi connectivity index (χ4v) is 4.97. The summed E-state index contributed by atoms with van der Waals surface area (Å²) in [5.41, 5.74) is 0.370. The molecule has 0 N–H and O–H groups in total. The molecule has 0 aromatic carbocycles. The average Bonchev–Trinajstić information content (AvgIpc) is 2.69. The van der Waals surface area contributed by atoms with Gasteiger partial charge in [0, 0.05) is 25.2 Å². The molecule has 23 heavy (non-hydrogen) atoms. The van der Waals surface area contributed by atoms with Crippen LogP contribution in [-0.4, -0.2) is 23.5 Å². The molecular weight excluding hydrogens is 296 g/mol. The first-order valence-electron chi connectivity index (χ1n) is 8.30. The summed E-state index contributed by atoms with van der Waals surface area (Å²) in [5, 5.41) is 0. The molecule has 4 aliphatic heterocycles. The molecule has 0 aromatic rings. The van der Waals surface area contributed by atoms with Crippen molar-refractivity contribution in [2.75, 3.05) is 0 Å². The molecule has 5 nitrogen and oxygen atoms in total. The topological polar surface area (TPSA) is 54.0 Å². The molecule has 130 valence electrons. The lowest BCUT2D eigenvalue weighted by molar-refractivity contribution is -0.555. The van der Waals surface area contributed by atoms with Crippen LogP contribution in [0.5, 0.6) is 0 Å². The van der Waals surface area contributed by atoms with E-state index < -0.39 is 17.7 Å². The van der Waals surface area contributed by atoms with E-state index in [-0.39, 0.29) is 19.1 Å². The fourth-order valence-electron chi connectivity index (χ4n) is 4.97. The Morgan fingerprint density at radius 1 is 1.22 bits per heavy atom. The zero-order chi connectivity index (χ0) is 15.7. The van der Waals surface area contributed by atoms with Gasteiger partial charge in [-0.15, -0.1) is 0 Å². The van der Waals surface area contributed by atoms with E-state index in [0.717, 1.165) is 31.3 Å². The lowest BCUT2D eigenvalue weighted by atomic mass is 9.59. The Morgan fingerprint density at radius 3 is 2.65 bits per heavy atom. The third kappa shape index (κ3) is 2.13. The van der Waals surface area contributed by atoms with Crippen molar-refractivity contribution >= 4 is 5.78 Å². The zero-order valence-corrected chi connectivity index (χ0v) is 13.7. The number of Topliss-reactive ketones (excluding diaryl/α,β-unsaturated/α-hetero) is 1. The van der Waals surface area contributed by atoms with E-state index in [0.29, 0.717) is 17.6 Å². The second-order valence-electron chi connectivity index (χ2n) is 7.54. The van der Waals surface area contributed by atoms with Gasteiger partial charge in [0.15, 0.2) is 17.1 Å². The summed E-state index contributed by atoms with van der Waals surface area (Å²) in [7, 11) is 0. The van der Waals surface area contributed by atoms with Gasteiger partial charge >= 0.3 is 0 Å². The van der Waals surface area contributed by atoms with E-state index in [1.165, 1.54) is 0 Å². The highest BCUT2D eigenvalue weighted by Crippen LogP contribution is 2.60. The Labute approximate surface area is 138 Å². The molecule has 0 radical (unpaired) electrons. The lowest BCUT2D eigenvalue weighted by Gasteiger charge is -2.57. The maximum absolute atomic E-state index is 12.0. The van der Waals surface area contributed by atoms with Crippen molar-refractivity contribution in [2.45, 2.75) is 78.5 Å². The fraction of sp³-hybridized carbons (Fsp3) is 0.833. The monoisotopic (exact) mass is 324 g/mol. The predicted octanol–water partition coefficient (Wildman–Crippen LogP) is 3.73. The molecule has 4 fully saturated rings. The molecule has 5 heteroatoms. The van der Waals surface area contributed by atoms with Crippen LogP contribution in [-0.2, 0) is 24.0 Å². The highest BCUT2D eigenvalue weighted by molar-refractivity contribution is 5.92. The summed E-state index contributed by atoms with van der Waals surface area (Å²) in [6, 6.07) is 0. The van der Waals surface area contributed by atoms with Crippen LogP contribution in [0, 0.1) is 17.8 Å². The first-order valence-corrected chi connectivity index (χ1v) is 8.30. The van der Waals surface area contributed by atoms with Gasteiger partial charge in [0.25, 0.3) is 0 Å². The summed E-state index contributed by atoms with van der Waals surface area (Å²) in [4.78, 5) is 23.7. The van der Waals surface area contributed by atoms with Crippen molar-refractivity contribution in [3.8, 4) is 0 Å². The van der Waals surface area contributed by atoms with Gasteiger partial charge in [0.2, 0.25) is 12.1 Å². The number of hydrogen-bond donors (Lipinski definition) is 0. The second kappa shape index (κ2) is 5.30. The minimum Gasteiger partial charge on any atom is -0.458 e. The van der Waals surface area contributed by atoms with E-state index >= 15 is 0 Å². The highest BCUT2D eigenvalue weighted by atomic mass is 17.3. The van der Waals surface area contributed by atoms with Gasteiger partial charge < -0.3 is 9.47 Å². The number of carbonyl (C=O) groups is 1. The maximum Gasteiger partial charge on any atom is 0.236 e. The van der Waals surface area contributed by atoms with Crippen molar-refractivity contribution in [1.82, 2.24) is 0 Å². The number of allylic oxidation sites excluding steroid dienone is 1. The van der Waals surface area contributed by atoms with Gasteiger partial charge in [-0.3, -0.25) is 4.79 Å². The summed E-state index contributed by atoms with van der Waals surface area (Å²) in [6.45, 7) is 7.70. The first kappa shape index (κ1) is 16.9. The largest absolute Gasteiger partial charge is 0.458 e. The molecule has 4 heterocycles. The van der Waals surface area contributed by atoms with E-state index in [4.69, 9.17) is 19.2 Å². The quantitative estimate of drug-likeness (QED) is 0.688. The molecule has 1 unspecified atom stereocenters. The van der Waals surface area contributed by atoms with Gasteiger partial charge in [-0.05, 0) is 44.6 Å². The van der Waals surface area contributed by atoms with Crippen LogP contribution in [0.25, 0.3) is 0 Å². The molecule has 1 aliphatic carbocycles. The van der Waals surface area contributed by atoms with E-state index in [2.05, 4.69) is 6.92 Å². The van der Waals surface area contributed by atoms with E-state index in [9.17, 15) is 4.79 Å². The smallest absolute Gasteiger partial charge is 0.236 e. The normalized spacial score (nSPS) is 48.0. The lowest BCUT2D eigenvalue weighted by Crippen LogP contribution is -2.66. The van der Waals surface area contributed by atoms with Gasteiger partial charge in [-0.25, -0.2) is 9.78 Å². The zero-order valence-electron chi connectivity index (χ0n) is 13.7.